The van der Waals surface area contributed by atoms with Crippen LogP contribution in [0.2, 0.25) is 0 Å². The molecule has 4 rings (SSSR count). The maximum atomic E-state index is 10.0. The minimum atomic E-state index is 0.193. The Labute approximate surface area is 193 Å². The summed E-state index contributed by atoms with van der Waals surface area (Å²) in [5.74, 6) is 1.90. The Morgan fingerprint density at radius 1 is 0.545 bits per heavy atom. The summed E-state index contributed by atoms with van der Waals surface area (Å²) in [6.07, 6.45) is 0. The van der Waals surface area contributed by atoms with Gasteiger partial charge < -0.3 is 25.0 Å². The van der Waals surface area contributed by atoms with Crippen molar-refractivity contribution in [1.82, 2.24) is 0 Å². The van der Waals surface area contributed by atoms with Crippen molar-refractivity contribution in [2.75, 3.05) is 4.90 Å². The molecule has 0 radical (unpaired) electrons. The summed E-state index contributed by atoms with van der Waals surface area (Å²) in [7, 11) is 0. The van der Waals surface area contributed by atoms with E-state index in [0.717, 1.165) is 39.3 Å². The number of phenolic OH excluding ortho intramolecular Hbond substituents is 3. The molecule has 0 saturated heterocycles. The molecule has 4 aromatic rings. The highest BCUT2D eigenvalue weighted by Gasteiger charge is 2.21. The summed E-state index contributed by atoms with van der Waals surface area (Å²) >= 11 is 0. The fourth-order valence-electron chi connectivity index (χ4n) is 3.90. The Morgan fingerprint density at radius 2 is 1.12 bits per heavy atom. The van der Waals surface area contributed by atoms with Crippen LogP contribution in [0, 0.1) is 27.7 Å². The third kappa shape index (κ3) is 4.44. The van der Waals surface area contributed by atoms with Gasteiger partial charge in [-0.25, -0.2) is 0 Å². The number of para-hydroxylation sites is 2. The van der Waals surface area contributed by atoms with Crippen LogP contribution in [-0.4, -0.2) is 15.3 Å². The average molecular weight is 442 g/mol. The molecular weight excluding hydrogens is 414 g/mol. The summed E-state index contributed by atoms with van der Waals surface area (Å²) in [6.45, 7) is 7.60. The van der Waals surface area contributed by atoms with Gasteiger partial charge in [-0.2, -0.15) is 0 Å². The van der Waals surface area contributed by atoms with Gasteiger partial charge in [-0.1, -0.05) is 12.1 Å². The van der Waals surface area contributed by atoms with E-state index < -0.39 is 0 Å². The SMILES string of the molecule is Cc1cc(Oc2ccccc2N(c2ccc(O)cc2C)c2ccc(O)cc2C)c(C)cc1O. The zero-order valence-electron chi connectivity index (χ0n) is 19.1. The van der Waals surface area contributed by atoms with Gasteiger partial charge >= 0.3 is 0 Å². The summed E-state index contributed by atoms with van der Waals surface area (Å²) in [6, 6.07) is 21.7. The van der Waals surface area contributed by atoms with E-state index >= 15 is 0 Å². The molecule has 168 valence electrons. The van der Waals surface area contributed by atoms with Gasteiger partial charge in [0, 0.05) is 11.4 Å². The largest absolute Gasteiger partial charge is 0.508 e. The third-order valence-corrected chi connectivity index (χ3v) is 5.66. The molecule has 0 aliphatic heterocycles. The van der Waals surface area contributed by atoms with Crippen LogP contribution in [0.25, 0.3) is 0 Å². The molecule has 0 aliphatic rings. The molecule has 0 unspecified atom stereocenters. The standard InChI is InChI=1S/C28H27NO4/c1-17-13-21(30)9-11-23(17)29(24-12-10-22(31)14-18(24)2)25-7-5-6-8-27(25)33-28-16-19(3)26(32)15-20(28)4/h5-16,30-32H,1-4H3. The first-order chi connectivity index (χ1) is 15.7. The topological polar surface area (TPSA) is 73.2 Å². The lowest BCUT2D eigenvalue weighted by atomic mass is 10.1. The molecule has 0 aromatic heterocycles. The van der Waals surface area contributed by atoms with Crippen LogP contribution >= 0.6 is 0 Å². The lowest BCUT2D eigenvalue weighted by molar-refractivity contribution is 0.458. The fourth-order valence-corrected chi connectivity index (χ4v) is 3.90. The normalized spacial score (nSPS) is 10.8. The van der Waals surface area contributed by atoms with E-state index in [-0.39, 0.29) is 17.2 Å². The number of ether oxygens (including phenoxy) is 1. The first kappa shape index (κ1) is 22.1. The van der Waals surface area contributed by atoms with Crippen LogP contribution in [0.4, 0.5) is 17.1 Å². The van der Waals surface area contributed by atoms with Gasteiger partial charge in [0.15, 0.2) is 5.75 Å². The maximum Gasteiger partial charge on any atom is 0.151 e. The Morgan fingerprint density at radius 3 is 1.70 bits per heavy atom. The Hall–Kier alpha value is -4.12. The van der Waals surface area contributed by atoms with Crippen molar-refractivity contribution in [3.05, 3.63) is 95.1 Å². The van der Waals surface area contributed by atoms with Gasteiger partial charge in [0.2, 0.25) is 0 Å². The molecule has 0 atom stereocenters. The van der Waals surface area contributed by atoms with Crippen molar-refractivity contribution in [3.63, 3.8) is 0 Å². The van der Waals surface area contributed by atoms with E-state index in [0.29, 0.717) is 11.5 Å². The number of aromatic hydroxyl groups is 3. The smallest absolute Gasteiger partial charge is 0.151 e. The Kier molecular flexibility index (Phi) is 5.88. The predicted octanol–water partition coefficient (Wildman–Crippen LogP) is 7.30. The second-order valence-corrected chi connectivity index (χ2v) is 8.25. The lowest BCUT2D eigenvalue weighted by Gasteiger charge is -2.30. The summed E-state index contributed by atoms with van der Waals surface area (Å²) in [4.78, 5) is 2.06. The first-order valence-electron chi connectivity index (χ1n) is 10.7. The van der Waals surface area contributed by atoms with E-state index in [9.17, 15) is 15.3 Å². The highest BCUT2D eigenvalue weighted by atomic mass is 16.5. The average Bonchev–Trinajstić information content (AvgIpc) is 2.76. The number of hydrogen-bond acceptors (Lipinski definition) is 5. The lowest BCUT2D eigenvalue weighted by Crippen LogP contribution is -2.13. The number of anilines is 3. The molecule has 0 spiro atoms. The van der Waals surface area contributed by atoms with Gasteiger partial charge in [0.1, 0.15) is 23.0 Å². The molecule has 3 N–H and O–H groups in total. The van der Waals surface area contributed by atoms with Crippen molar-refractivity contribution < 1.29 is 20.1 Å². The van der Waals surface area contributed by atoms with Crippen molar-refractivity contribution in [3.8, 4) is 28.7 Å². The number of aryl methyl sites for hydroxylation is 4. The van der Waals surface area contributed by atoms with Crippen LogP contribution in [-0.2, 0) is 0 Å². The van der Waals surface area contributed by atoms with E-state index in [1.807, 2.05) is 70.2 Å². The predicted molar refractivity (Wildman–Crippen MR) is 132 cm³/mol. The van der Waals surface area contributed by atoms with Crippen molar-refractivity contribution >= 4 is 17.1 Å². The number of phenols is 3. The molecule has 4 aromatic carbocycles. The maximum absolute atomic E-state index is 10.0. The summed E-state index contributed by atoms with van der Waals surface area (Å²) in [5, 5.41) is 30.0. The van der Waals surface area contributed by atoms with Gasteiger partial charge in [-0.15, -0.1) is 0 Å². The minimum Gasteiger partial charge on any atom is -0.508 e. The van der Waals surface area contributed by atoms with Crippen LogP contribution in [0.15, 0.2) is 72.8 Å². The second kappa shape index (κ2) is 8.79. The first-order valence-corrected chi connectivity index (χ1v) is 10.7. The molecular formula is C28H27NO4. The number of rotatable bonds is 5. The van der Waals surface area contributed by atoms with Crippen LogP contribution in [0.3, 0.4) is 0 Å². The van der Waals surface area contributed by atoms with E-state index in [1.165, 1.54) is 0 Å². The zero-order chi connectivity index (χ0) is 23.7. The van der Waals surface area contributed by atoms with Crippen LogP contribution < -0.4 is 9.64 Å². The number of hydrogen-bond donors (Lipinski definition) is 3. The van der Waals surface area contributed by atoms with Crippen LogP contribution in [0.1, 0.15) is 22.3 Å². The quantitative estimate of drug-likeness (QED) is 0.303. The highest BCUT2D eigenvalue weighted by Crippen LogP contribution is 2.45. The fraction of sp³-hybridized carbons (Fsp3) is 0.143. The monoisotopic (exact) mass is 441 g/mol. The second-order valence-electron chi connectivity index (χ2n) is 8.25. The summed E-state index contributed by atoms with van der Waals surface area (Å²) in [5.41, 5.74) is 5.86. The molecule has 0 saturated carbocycles. The molecule has 5 heteroatoms. The molecule has 5 nitrogen and oxygen atoms in total. The van der Waals surface area contributed by atoms with Gasteiger partial charge in [0.25, 0.3) is 0 Å². The van der Waals surface area contributed by atoms with E-state index in [4.69, 9.17) is 4.74 Å². The Bertz CT molecular complexity index is 1280. The van der Waals surface area contributed by atoms with Gasteiger partial charge in [-0.3, -0.25) is 0 Å². The molecule has 0 aliphatic carbocycles. The minimum absolute atomic E-state index is 0.193. The zero-order valence-corrected chi connectivity index (χ0v) is 19.1. The molecule has 0 fully saturated rings. The van der Waals surface area contributed by atoms with Gasteiger partial charge in [0.05, 0.1) is 5.69 Å². The number of nitrogens with zero attached hydrogens (tertiary/aromatic N) is 1. The summed E-state index contributed by atoms with van der Waals surface area (Å²) < 4.78 is 6.38. The molecule has 0 heterocycles. The van der Waals surface area contributed by atoms with Crippen molar-refractivity contribution in [2.45, 2.75) is 27.7 Å². The Balaban J connectivity index is 1.91. The molecule has 0 amide bonds. The van der Waals surface area contributed by atoms with E-state index in [2.05, 4.69) is 4.90 Å². The van der Waals surface area contributed by atoms with E-state index in [1.54, 1.807) is 30.3 Å². The third-order valence-electron chi connectivity index (χ3n) is 5.66. The van der Waals surface area contributed by atoms with Crippen molar-refractivity contribution in [1.29, 1.82) is 0 Å². The highest BCUT2D eigenvalue weighted by molar-refractivity contribution is 5.83. The van der Waals surface area contributed by atoms with Crippen LogP contribution in [0.5, 0.6) is 28.7 Å². The van der Waals surface area contributed by atoms with Gasteiger partial charge in [-0.05, 0) is 111 Å². The molecule has 33 heavy (non-hydrogen) atoms. The van der Waals surface area contributed by atoms with Crippen molar-refractivity contribution in [2.24, 2.45) is 0 Å². The molecule has 0 bridgehead atoms. The number of benzene rings is 4.